The minimum absolute atomic E-state index is 0.111. The maximum absolute atomic E-state index is 13.0. The Morgan fingerprint density at radius 3 is 2.43 bits per heavy atom. The maximum Gasteiger partial charge on any atom is 0.433 e. The number of aromatic nitrogens is 1. The van der Waals surface area contributed by atoms with Crippen molar-refractivity contribution in [2.75, 3.05) is 25.1 Å². The quantitative estimate of drug-likeness (QED) is 0.770. The van der Waals surface area contributed by atoms with Crippen molar-refractivity contribution in [3.8, 4) is 5.75 Å². The van der Waals surface area contributed by atoms with Crippen molar-refractivity contribution < 1.29 is 27.4 Å². The third-order valence-corrected chi connectivity index (χ3v) is 4.95. The molecule has 0 unspecified atom stereocenters. The molecule has 0 radical (unpaired) electrons. The predicted octanol–water partition coefficient (Wildman–Crippen LogP) is 3.58. The average molecular weight is 423 g/mol. The van der Waals surface area contributed by atoms with Crippen LogP contribution in [-0.4, -0.2) is 43.3 Å². The van der Waals surface area contributed by atoms with E-state index in [1.54, 1.807) is 30.2 Å². The van der Waals surface area contributed by atoms with E-state index in [2.05, 4.69) is 10.3 Å². The van der Waals surface area contributed by atoms with Gasteiger partial charge in [0.05, 0.1) is 12.6 Å². The minimum atomic E-state index is -4.50. The Bertz CT molecular complexity index is 874. The summed E-state index contributed by atoms with van der Waals surface area (Å²) in [5, 5.41) is 2.81. The van der Waals surface area contributed by atoms with Gasteiger partial charge in [-0.15, -0.1) is 0 Å². The Hall–Kier alpha value is -2.81. The van der Waals surface area contributed by atoms with Crippen LogP contribution in [0, 0.1) is 0 Å². The van der Waals surface area contributed by atoms with Crippen molar-refractivity contribution in [1.82, 2.24) is 10.3 Å². The number of methoxy groups -OCH3 is 1. The van der Waals surface area contributed by atoms with E-state index >= 15 is 0 Å². The van der Waals surface area contributed by atoms with Crippen molar-refractivity contribution in [3.05, 3.63) is 53.7 Å². The molecule has 1 aliphatic heterocycles. The SMILES string of the molecule is CO[C@@H]1CN(c2cccc(C(F)(F)F)n2)C[C@@H]1Oc1ccc([C@H](C)NC(C)=O)cc1. The Balaban J connectivity index is 1.69. The molecular weight excluding hydrogens is 399 g/mol. The molecule has 9 heteroatoms. The summed E-state index contributed by atoms with van der Waals surface area (Å²) in [7, 11) is 1.54. The van der Waals surface area contributed by atoms with Crippen LogP contribution in [0.5, 0.6) is 5.75 Å². The molecule has 1 aromatic heterocycles. The van der Waals surface area contributed by atoms with Gasteiger partial charge in [0.25, 0.3) is 0 Å². The molecule has 1 aromatic carbocycles. The molecule has 6 nitrogen and oxygen atoms in total. The van der Waals surface area contributed by atoms with Crippen LogP contribution in [0.1, 0.15) is 31.1 Å². The first-order valence-corrected chi connectivity index (χ1v) is 9.53. The Morgan fingerprint density at radius 2 is 1.83 bits per heavy atom. The molecule has 1 aliphatic rings. The summed E-state index contributed by atoms with van der Waals surface area (Å²) in [6.07, 6.45) is -5.19. The summed E-state index contributed by atoms with van der Waals surface area (Å²) in [6, 6.07) is 11.0. The molecule has 162 valence electrons. The predicted molar refractivity (Wildman–Crippen MR) is 105 cm³/mol. The van der Waals surface area contributed by atoms with Crippen LogP contribution >= 0.6 is 0 Å². The molecular formula is C21H24F3N3O3. The van der Waals surface area contributed by atoms with E-state index in [4.69, 9.17) is 9.47 Å². The second kappa shape index (κ2) is 8.91. The van der Waals surface area contributed by atoms with E-state index in [9.17, 15) is 18.0 Å². The molecule has 2 aromatic rings. The molecule has 30 heavy (non-hydrogen) atoms. The Labute approximate surface area is 173 Å². The number of hydrogen-bond donors (Lipinski definition) is 1. The van der Waals surface area contributed by atoms with Gasteiger partial charge in [0.15, 0.2) is 0 Å². The number of nitrogens with one attached hydrogen (secondary N) is 1. The van der Waals surface area contributed by atoms with Crippen LogP contribution in [0.4, 0.5) is 19.0 Å². The van der Waals surface area contributed by atoms with Gasteiger partial charge in [-0.2, -0.15) is 13.2 Å². The number of halogens is 3. The largest absolute Gasteiger partial charge is 0.486 e. The third kappa shape index (κ3) is 5.21. The molecule has 0 spiro atoms. The van der Waals surface area contributed by atoms with Gasteiger partial charge in [-0.1, -0.05) is 18.2 Å². The van der Waals surface area contributed by atoms with Gasteiger partial charge >= 0.3 is 6.18 Å². The minimum Gasteiger partial charge on any atom is -0.486 e. The van der Waals surface area contributed by atoms with Crippen LogP contribution in [-0.2, 0) is 15.7 Å². The molecule has 1 saturated heterocycles. The van der Waals surface area contributed by atoms with Crippen LogP contribution in [0.25, 0.3) is 0 Å². The van der Waals surface area contributed by atoms with E-state index in [0.717, 1.165) is 11.6 Å². The first-order valence-electron chi connectivity index (χ1n) is 9.53. The highest BCUT2D eigenvalue weighted by atomic mass is 19.4. The lowest BCUT2D eigenvalue weighted by atomic mass is 10.1. The number of nitrogens with zero attached hydrogens (tertiary/aromatic N) is 2. The zero-order chi connectivity index (χ0) is 21.9. The molecule has 1 amide bonds. The highest BCUT2D eigenvalue weighted by molar-refractivity contribution is 5.73. The molecule has 0 bridgehead atoms. The fourth-order valence-electron chi connectivity index (χ4n) is 3.43. The van der Waals surface area contributed by atoms with E-state index in [1.165, 1.54) is 13.0 Å². The van der Waals surface area contributed by atoms with Gasteiger partial charge in [0.1, 0.15) is 29.5 Å². The maximum atomic E-state index is 13.0. The van der Waals surface area contributed by atoms with Gasteiger partial charge in [0, 0.05) is 20.6 Å². The number of anilines is 1. The summed E-state index contributed by atoms with van der Waals surface area (Å²) in [4.78, 5) is 16.7. The second-order valence-corrected chi connectivity index (χ2v) is 7.21. The topological polar surface area (TPSA) is 63.7 Å². The molecule has 3 rings (SSSR count). The van der Waals surface area contributed by atoms with Gasteiger partial charge < -0.3 is 19.7 Å². The lowest BCUT2D eigenvalue weighted by molar-refractivity contribution is -0.141. The molecule has 2 heterocycles. The van der Waals surface area contributed by atoms with E-state index < -0.39 is 11.9 Å². The van der Waals surface area contributed by atoms with Crippen LogP contribution in [0.2, 0.25) is 0 Å². The van der Waals surface area contributed by atoms with Crippen molar-refractivity contribution in [1.29, 1.82) is 0 Å². The van der Waals surface area contributed by atoms with Gasteiger partial charge in [0.2, 0.25) is 5.91 Å². The highest BCUT2D eigenvalue weighted by Gasteiger charge is 2.37. The number of amides is 1. The van der Waals surface area contributed by atoms with Crippen LogP contribution in [0.3, 0.4) is 0 Å². The standard InChI is InChI=1S/C21H24F3N3O3/c1-13(25-14(2)28)15-7-9-16(10-8-15)30-18-12-27(11-17(18)29-3)20-6-4-5-19(26-20)21(22,23)24/h4-10,13,17-18H,11-12H2,1-3H3,(H,25,28)/t13-,17+,18-/m0/s1. The monoisotopic (exact) mass is 423 g/mol. The number of benzene rings is 1. The summed E-state index contributed by atoms with van der Waals surface area (Å²) in [5.41, 5.74) is 0.00395. The van der Waals surface area contributed by atoms with Gasteiger partial charge in [-0.25, -0.2) is 4.98 Å². The first kappa shape index (κ1) is 21.9. The summed E-state index contributed by atoms with van der Waals surface area (Å²) < 4.78 is 50.4. The highest BCUT2D eigenvalue weighted by Crippen LogP contribution is 2.30. The lowest BCUT2D eigenvalue weighted by Gasteiger charge is -2.20. The second-order valence-electron chi connectivity index (χ2n) is 7.21. The number of alkyl halides is 3. The number of carbonyl (C=O) groups is 1. The molecule has 1 fully saturated rings. The van der Waals surface area contributed by atoms with Gasteiger partial charge in [-0.3, -0.25) is 4.79 Å². The van der Waals surface area contributed by atoms with Crippen molar-refractivity contribution in [2.24, 2.45) is 0 Å². The molecule has 3 atom stereocenters. The van der Waals surface area contributed by atoms with Crippen LogP contribution < -0.4 is 15.0 Å². The first-order chi connectivity index (χ1) is 14.2. The summed E-state index contributed by atoms with van der Waals surface area (Å²) in [5.74, 6) is 0.733. The number of hydrogen-bond acceptors (Lipinski definition) is 5. The number of rotatable bonds is 6. The Morgan fingerprint density at radius 1 is 1.17 bits per heavy atom. The fourth-order valence-corrected chi connectivity index (χ4v) is 3.43. The van der Waals surface area contributed by atoms with Crippen molar-refractivity contribution in [2.45, 2.75) is 38.3 Å². The lowest BCUT2D eigenvalue weighted by Crippen LogP contribution is -2.31. The normalized spacial score (nSPS) is 20.1. The van der Waals surface area contributed by atoms with E-state index in [-0.39, 0.29) is 30.0 Å². The molecule has 0 saturated carbocycles. The van der Waals surface area contributed by atoms with Crippen LogP contribution in [0.15, 0.2) is 42.5 Å². The number of ether oxygens (including phenoxy) is 2. The number of pyridine rings is 1. The van der Waals surface area contributed by atoms with Crippen molar-refractivity contribution in [3.63, 3.8) is 0 Å². The zero-order valence-electron chi connectivity index (χ0n) is 16.9. The average Bonchev–Trinajstić information content (AvgIpc) is 3.10. The fraction of sp³-hybridized carbons (Fsp3) is 0.429. The Kier molecular flexibility index (Phi) is 6.50. The summed E-state index contributed by atoms with van der Waals surface area (Å²) >= 11 is 0. The smallest absolute Gasteiger partial charge is 0.433 e. The van der Waals surface area contributed by atoms with E-state index in [1.807, 2.05) is 19.1 Å². The van der Waals surface area contributed by atoms with Crippen molar-refractivity contribution >= 4 is 11.7 Å². The zero-order valence-corrected chi connectivity index (χ0v) is 16.9. The molecule has 1 N–H and O–H groups in total. The van der Waals surface area contributed by atoms with Gasteiger partial charge in [-0.05, 0) is 36.8 Å². The third-order valence-electron chi connectivity index (χ3n) is 4.95. The molecule has 0 aliphatic carbocycles. The summed E-state index contributed by atoms with van der Waals surface area (Å²) in [6.45, 7) is 4.06. The van der Waals surface area contributed by atoms with E-state index in [0.29, 0.717) is 18.8 Å². The number of carbonyl (C=O) groups excluding carboxylic acids is 1.